The quantitative estimate of drug-likeness (QED) is 0.852. The molecular formula is C16H18N2OS2. The number of amides is 1. The summed E-state index contributed by atoms with van der Waals surface area (Å²) in [6.45, 7) is 5.00. The summed E-state index contributed by atoms with van der Waals surface area (Å²) in [6.07, 6.45) is 0.992. The van der Waals surface area contributed by atoms with Gasteiger partial charge in [0.15, 0.2) is 0 Å². The van der Waals surface area contributed by atoms with Gasteiger partial charge in [-0.1, -0.05) is 18.8 Å². The molecule has 0 bridgehead atoms. The lowest BCUT2D eigenvalue weighted by Crippen LogP contribution is -2.21. The van der Waals surface area contributed by atoms with Gasteiger partial charge >= 0.3 is 0 Å². The number of hydrogen-bond donors (Lipinski definition) is 2. The van der Waals surface area contributed by atoms with E-state index in [1.165, 1.54) is 21.8 Å². The molecule has 2 aromatic rings. The Kier molecular flexibility index (Phi) is 5.57. The summed E-state index contributed by atoms with van der Waals surface area (Å²) in [5.74, 6) is 5.78. The zero-order valence-electron chi connectivity index (χ0n) is 12.2. The fourth-order valence-corrected chi connectivity index (χ4v) is 3.81. The van der Waals surface area contributed by atoms with Crippen LogP contribution in [0.25, 0.3) is 0 Å². The molecule has 2 aromatic heterocycles. The zero-order valence-corrected chi connectivity index (χ0v) is 13.8. The molecule has 0 aliphatic rings. The Morgan fingerprint density at radius 3 is 3.00 bits per heavy atom. The summed E-state index contributed by atoms with van der Waals surface area (Å²) >= 11 is 3.10. The van der Waals surface area contributed by atoms with Gasteiger partial charge in [0.25, 0.3) is 5.91 Å². The molecule has 0 aliphatic heterocycles. The van der Waals surface area contributed by atoms with Crippen molar-refractivity contribution >= 4 is 28.6 Å². The Bertz CT molecular complexity index is 689. The van der Waals surface area contributed by atoms with Crippen LogP contribution in [0.5, 0.6) is 0 Å². The molecule has 0 fully saturated rings. The highest BCUT2D eigenvalue weighted by molar-refractivity contribution is 7.14. The third-order valence-electron chi connectivity index (χ3n) is 3.07. The number of carbonyl (C=O) groups is 1. The second-order valence-electron chi connectivity index (χ2n) is 4.53. The van der Waals surface area contributed by atoms with Crippen LogP contribution in [0.15, 0.2) is 17.5 Å². The van der Waals surface area contributed by atoms with Crippen molar-refractivity contribution in [1.82, 2.24) is 5.32 Å². The number of aryl methyl sites for hydroxylation is 2. The summed E-state index contributed by atoms with van der Waals surface area (Å²) in [5, 5.41) is 5.05. The van der Waals surface area contributed by atoms with Crippen LogP contribution in [-0.2, 0) is 13.0 Å². The molecule has 0 radical (unpaired) electrons. The normalized spacial score (nSPS) is 10.0. The van der Waals surface area contributed by atoms with Crippen molar-refractivity contribution < 1.29 is 4.79 Å². The van der Waals surface area contributed by atoms with Gasteiger partial charge in [-0.05, 0) is 42.0 Å². The topological polar surface area (TPSA) is 55.1 Å². The second kappa shape index (κ2) is 7.41. The van der Waals surface area contributed by atoms with Crippen LogP contribution in [0, 0.1) is 18.8 Å². The maximum Gasteiger partial charge on any atom is 0.261 e. The van der Waals surface area contributed by atoms with Gasteiger partial charge in [0.1, 0.15) is 0 Å². The monoisotopic (exact) mass is 318 g/mol. The lowest BCUT2D eigenvalue weighted by Gasteiger charge is -2.03. The highest BCUT2D eigenvalue weighted by Crippen LogP contribution is 2.22. The van der Waals surface area contributed by atoms with E-state index >= 15 is 0 Å². The van der Waals surface area contributed by atoms with E-state index in [1.54, 1.807) is 11.3 Å². The van der Waals surface area contributed by atoms with Gasteiger partial charge in [0, 0.05) is 4.88 Å². The summed E-state index contributed by atoms with van der Waals surface area (Å²) in [4.78, 5) is 15.0. The van der Waals surface area contributed by atoms with Crippen molar-refractivity contribution in [3.8, 4) is 11.8 Å². The van der Waals surface area contributed by atoms with E-state index in [1.807, 2.05) is 13.0 Å². The fourth-order valence-electron chi connectivity index (χ4n) is 1.93. The van der Waals surface area contributed by atoms with Gasteiger partial charge < -0.3 is 11.1 Å². The molecule has 0 saturated heterocycles. The fraction of sp³-hybridized carbons (Fsp3) is 0.312. The summed E-state index contributed by atoms with van der Waals surface area (Å²) < 4.78 is 0. The Labute approximate surface area is 133 Å². The van der Waals surface area contributed by atoms with E-state index in [0.29, 0.717) is 18.0 Å². The first-order valence-corrected chi connectivity index (χ1v) is 8.48. The summed E-state index contributed by atoms with van der Waals surface area (Å²) in [5.41, 5.74) is 7.70. The molecule has 110 valence electrons. The van der Waals surface area contributed by atoms with E-state index in [9.17, 15) is 4.79 Å². The van der Waals surface area contributed by atoms with Gasteiger partial charge in [-0.3, -0.25) is 4.79 Å². The lowest BCUT2D eigenvalue weighted by atomic mass is 10.2. The predicted octanol–water partition coefficient (Wildman–Crippen LogP) is 2.92. The molecule has 3 N–H and O–H groups in total. The Hall–Kier alpha value is -1.61. The molecule has 0 spiro atoms. The van der Waals surface area contributed by atoms with Crippen LogP contribution in [-0.4, -0.2) is 12.5 Å². The largest absolute Gasteiger partial charge is 0.346 e. The van der Waals surface area contributed by atoms with Gasteiger partial charge in [-0.15, -0.1) is 22.7 Å². The summed E-state index contributed by atoms with van der Waals surface area (Å²) in [6, 6.07) is 4.00. The maximum atomic E-state index is 12.2. The van der Waals surface area contributed by atoms with Crippen LogP contribution >= 0.6 is 22.7 Å². The highest BCUT2D eigenvalue weighted by atomic mass is 32.1. The van der Waals surface area contributed by atoms with Crippen LogP contribution < -0.4 is 11.1 Å². The third kappa shape index (κ3) is 3.94. The van der Waals surface area contributed by atoms with E-state index in [2.05, 4.69) is 35.5 Å². The van der Waals surface area contributed by atoms with Crippen LogP contribution in [0.1, 0.15) is 37.5 Å². The number of nitrogens with one attached hydrogen (secondary N) is 1. The van der Waals surface area contributed by atoms with Crippen molar-refractivity contribution in [2.45, 2.75) is 26.8 Å². The second-order valence-corrected chi connectivity index (χ2v) is 6.59. The van der Waals surface area contributed by atoms with E-state index in [4.69, 9.17) is 5.73 Å². The van der Waals surface area contributed by atoms with Crippen molar-refractivity contribution in [3.63, 3.8) is 0 Å². The van der Waals surface area contributed by atoms with Crippen LogP contribution in [0.4, 0.5) is 0 Å². The molecule has 21 heavy (non-hydrogen) atoms. The number of hydrogen-bond acceptors (Lipinski definition) is 4. The Morgan fingerprint density at radius 2 is 2.29 bits per heavy atom. The average Bonchev–Trinajstić information content (AvgIpc) is 3.08. The van der Waals surface area contributed by atoms with Crippen molar-refractivity contribution in [1.29, 1.82) is 0 Å². The Balaban J connectivity index is 2.04. The van der Waals surface area contributed by atoms with Crippen molar-refractivity contribution in [2.24, 2.45) is 5.73 Å². The summed E-state index contributed by atoms with van der Waals surface area (Å²) in [7, 11) is 0. The van der Waals surface area contributed by atoms with Crippen LogP contribution in [0.3, 0.4) is 0 Å². The predicted molar refractivity (Wildman–Crippen MR) is 89.9 cm³/mol. The number of rotatable bonds is 4. The standard InChI is InChI=1S/C16H18N2OS2/c1-3-12-6-8-20-15(12)10-18-16(19)14-9-11(2)13(21-14)5-4-7-17/h6,8-9H,3,7,10,17H2,1-2H3,(H,18,19). The van der Waals surface area contributed by atoms with Crippen molar-refractivity contribution in [3.05, 3.63) is 43.3 Å². The SMILES string of the molecule is CCc1ccsc1CNC(=O)c1cc(C)c(C#CCN)s1. The minimum absolute atomic E-state index is 0.0423. The van der Waals surface area contributed by atoms with Crippen LogP contribution in [0.2, 0.25) is 0 Å². The first kappa shape index (κ1) is 15.8. The van der Waals surface area contributed by atoms with Gasteiger partial charge in [-0.2, -0.15) is 0 Å². The number of carbonyl (C=O) groups excluding carboxylic acids is 1. The van der Waals surface area contributed by atoms with Crippen molar-refractivity contribution in [2.75, 3.05) is 6.54 Å². The van der Waals surface area contributed by atoms with E-state index < -0.39 is 0 Å². The van der Waals surface area contributed by atoms with Gasteiger partial charge in [-0.25, -0.2) is 0 Å². The maximum absolute atomic E-state index is 12.2. The first-order valence-electron chi connectivity index (χ1n) is 6.78. The smallest absolute Gasteiger partial charge is 0.261 e. The lowest BCUT2D eigenvalue weighted by molar-refractivity contribution is 0.0955. The molecule has 1 amide bonds. The molecule has 0 aromatic carbocycles. The number of thiophene rings is 2. The number of nitrogens with two attached hydrogens (primary N) is 1. The van der Waals surface area contributed by atoms with E-state index in [0.717, 1.165) is 16.9 Å². The molecule has 2 heterocycles. The minimum atomic E-state index is -0.0423. The molecule has 0 aliphatic carbocycles. The molecule has 0 saturated carbocycles. The Morgan fingerprint density at radius 1 is 1.48 bits per heavy atom. The minimum Gasteiger partial charge on any atom is -0.346 e. The molecule has 0 unspecified atom stereocenters. The first-order chi connectivity index (χ1) is 10.2. The molecule has 3 nitrogen and oxygen atoms in total. The molecule has 5 heteroatoms. The molecular weight excluding hydrogens is 300 g/mol. The molecule has 0 atom stereocenters. The van der Waals surface area contributed by atoms with Gasteiger partial charge in [0.2, 0.25) is 0 Å². The van der Waals surface area contributed by atoms with Gasteiger partial charge in [0.05, 0.1) is 22.8 Å². The zero-order chi connectivity index (χ0) is 15.2. The average molecular weight is 318 g/mol. The molecule has 2 rings (SSSR count). The third-order valence-corrected chi connectivity index (χ3v) is 5.19. The highest BCUT2D eigenvalue weighted by Gasteiger charge is 2.12. The van der Waals surface area contributed by atoms with E-state index in [-0.39, 0.29) is 5.91 Å².